The molecule has 0 aliphatic rings. The highest BCUT2D eigenvalue weighted by Crippen LogP contribution is 2.25. The van der Waals surface area contributed by atoms with Crippen LogP contribution in [0.15, 0.2) is 54.6 Å². The van der Waals surface area contributed by atoms with E-state index in [4.69, 9.17) is 4.74 Å². The number of fused-ring (bicyclic) bond motifs is 4. The molecule has 0 spiro atoms. The maximum absolute atomic E-state index is 12.1. The zero-order chi connectivity index (χ0) is 15.8. The molecule has 0 amide bonds. The zero-order valence-corrected chi connectivity index (χ0v) is 14.8. The van der Waals surface area contributed by atoms with Crippen molar-refractivity contribution in [2.45, 2.75) is 13.5 Å². The van der Waals surface area contributed by atoms with Crippen molar-refractivity contribution in [3.63, 3.8) is 0 Å². The molecule has 4 nitrogen and oxygen atoms in total. The molecule has 1 N–H and O–H groups in total. The second-order valence-electron chi connectivity index (χ2n) is 5.53. The quantitative estimate of drug-likeness (QED) is 0.408. The van der Waals surface area contributed by atoms with E-state index in [2.05, 4.69) is 29.2 Å². The van der Waals surface area contributed by atoms with Gasteiger partial charge in [0.25, 0.3) is 0 Å². The van der Waals surface area contributed by atoms with E-state index in [0.717, 1.165) is 32.8 Å². The predicted octanol–water partition coefficient (Wildman–Crippen LogP) is 0.329. The highest BCUT2D eigenvalue weighted by atomic mass is 79.9. The summed E-state index contributed by atoms with van der Waals surface area (Å²) in [4.78, 5) is 15.5. The number of hydrogen-bond acceptors (Lipinski definition) is 2. The molecule has 2 heterocycles. The standard InChI is InChI=1S/C19H16N2O2.BrH/c1-2-23-18(22)12-21-17-10-6-3-7-13(17)11-16-19(21)14-8-4-5-9-15(14)20-16;/h3-11H,2,12H2,1H3;1H. The summed E-state index contributed by atoms with van der Waals surface area (Å²) in [5.74, 6) is -0.222. The largest absolute Gasteiger partial charge is 1.00 e. The van der Waals surface area contributed by atoms with E-state index in [1.165, 1.54) is 0 Å². The van der Waals surface area contributed by atoms with Crippen molar-refractivity contribution in [3.05, 3.63) is 54.6 Å². The number of carbonyl (C=O) groups is 1. The summed E-state index contributed by atoms with van der Waals surface area (Å²) in [7, 11) is 0. The number of nitrogens with one attached hydrogen (secondary N) is 1. The number of pyridine rings is 1. The van der Waals surface area contributed by atoms with Crippen molar-refractivity contribution in [1.29, 1.82) is 0 Å². The lowest BCUT2D eigenvalue weighted by atomic mass is 10.1. The second-order valence-corrected chi connectivity index (χ2v) is 5.53. The van der Waals surface area contributed by atoms with Crippen molar-refractivity contribution >= 4 is 38.8 Å². The number of benzene rings is 2. The Balaban J connectivity index is 0.00000169. The highest BCUT2D eigenvalue weighted by Gasteiger charge is 2.22. The molecule has 0 bridgehead atoms. The number of rotatable bonds is 3. The Morgan fingerprint density at radius 1 is 1.08 bits per heavy atom. The number of para-hydroxylation sites is 2. The number of halogens is 1. The number of carbonyl (C=O) groups excluding carboxylic acids is 1. The van der Waals surface area contributed by atoms with Crippen molar-refractivity contribution in [2.75, 3.05) is 6.61 Å². The summed E-state index contributed by atoms with van der Waals surface area (Å²) in [5.41, 5.74) is 4.15. The van der Waals surface area contributed by atoms with Crippen molar-refractivity contribution in [3.8, 4) is 0 Å². The summed E-state index contributed by atoms with van der Waals surface area (Å²) in [6.45, 7) is 2.42. The van der Waals surface area contributed by atoms with Crippen LogP contribution in [0.2, 0.25) is 0 Å². The topological polar surface area (TPSA) is 46.0 Å². The lowest BCUT2D eigenvalue weighted by molar-refractivity contribution is -0.632. The predicted molar refractivity (Wildman–Crippen MR) is 90.1 cm³/mol. The lowest BCUT2D eigenvalue weighted by Crippen LogP contribution is -3.00. The summed E-state index contributed by atoms with van der Waals surface area (Å²) >= 11 is 0. The van der Waals surface area contributed by atoms with E-state index in [9.17, 15) is 4.79 Å². The number of aromatic amines is 1. The summed E-state index contributed by atoms with van der Waals surface area (Å²) in [6.07, 6.45) is 0. The number of nitrogens with zero attached hydrogens (tertiary/aromatic N) is 1. The molecule has 4 rings (SSSR count). The van der Waals surface area contributed by atoms with Gasteiger partial charge in [-0.05, 0) is 31.2 Å². The second kappa shape index (κ2) is 6.61. The number of ether oxygens (including phenoxy) is 1. The van der Waals surface area contributed by atoms with Gasteiger partial charge in [0.05, 0.1) is 17.5 Å². The first-order chi connectivity index (χ1) is 11.3. The van der Waals surface area contributed by atoms with Crippen molar-refractivity contribution in [1.82, 2.24) is 4.98 Å². The van der Waals surface area contributed by atoms with Crippen LogP contribution >= 0.6 is 0 Å². The molecule has 2 aromatic carbocycles. The zero-order valence-electron chi connectivity index (χ0n) is 13.3. The van der Waals surface area contributed by atoms with Crippen LogP contribution in [0.5, 0.6) is 0 Å². The van der Waals surface area contributed by atoms with Crippen LogP contribution < -0.4 is 21.5 Å². The maximum Gasteiger partial charge on any atom is 0.372 e. The molecule has 5 heteroatoms. The summed E-state index contributed by atoms with van der Waals surface area (Å²) < 4.78 is 7.21. The smallest absolute Gasteiger partial charge is 0.372 e. The molecule has 4 aromatic rings. The van der Waals surface area contributed by atoms with E-state index < -0.39 is 0 Å². The van der Waals surface area contributed by atoms with Gasteiger partial charge in [0.2, 0.25) is 17.6 Å². The van der Waals surface area contributed by atoms with Gasteiger partial charge in [-0.3, -0.25) is 0 Å². The van der Waals surface area contributed by atoms with Gasteiger partial charge in [0.1, 0.15) is 5.52 Å². The molecule has 0 radical (unpaired) electrons. The average molecular weight is 385 g/mol. The number of hydrogen-bond donors (Lipinski definition) is 1. The Morgan fingerprint density at radius 2 is 1.83 bits per heavy atom. The fourth-order valence-corrected chi connectivity index (χ4v) is 3.17. The van der Waals surface area contributed by atoms with Gasteiger partial charge >= 0.3 is 5.97 Å². The molecule has 2 aromatic heterocycles. The van der Waals surface area contributed by atoms with Crippen molar-refractivity contribution in [2.24, 2.45) is 0 Å². The van der Waals surface area contributed by atoms with E-state index in [-0.39, 0.29) is 29.5 Å². The normalized spacial score (nSPS) is 10.9. The summed E-state index contributed by atoms with van der Waals surface area (Å²) in [5, 5.41) is 2.20. The minimum Gasteiger partial charge on any atom is -1.00 e. The van der Waals surface area contributed by atoms with Crippen LogP contribution in [0.25, 0.3) is 32.8 Å². The van der Waals surface area contributed by atoms with Gasteiger partial charge in [-0.2, -0.15) is 4.57 Å². The molecule has 0 fully saturated rings. The van der Waals surface area contributed by atoms with Crippen LogP contribution in [0.1, 0.15) is 6.92 Å². The minimum absolute atomic E-state index is 0. The molecule has 0 saturated carbocycles. The fourth-order valence-electron chi connectivity index (χ4n) is 3.17. The van der Waals surface area contributed by atoms with Gasteiger partial charge in [-0.25, -0.2) is 4.79 Å². The first kappa shape index (κ1) is 16.5. The Bertz CT molecular complexity index is 1040. The van der Waals surface area contributed by atoms with Crippen LogP contribution in [0, 0.1) is 0 Å². The van der Waals surface area contributed by atoms with E-state index in [1.54, 1.807) is 0 Å². The van der Waals surface area contributed by atoms with E-state index in [1.807, 2.05) is 41.8 Å². The van der Waals surface area contributed by atoms with Crippen LogP contribution in [-0.2, 0) is 16.1 Å². The third-order valence-corrected chi connectivity index (χ3v) is 4.10. The number of esters is 1. The van der Waals surface area contributed by atoms with Crippen LogP contribution in [-0.4, -0.2) is 17.6 Å². The fraction of sp³-hybridized carbons (Fsp3) is 0.158. The number of aromatic nitrogens is 2. The van der Waals surface area contributed by atoms with Gasteiger partial charge < -0.3 is 26.7 Å². The Labute approximate surface area is 149 Å². The monoisotopic (exact) mass is 384 g/mol. The van der Waals surface area contributed by atoms with Gasteiger partial charge in [-0.1, -0.05) is 24.3 Å². The molecule has 0 aliphatic carbocycles. The maximum atomic E-state index is 12.1. The molecule has 0 saturated heterocycles. The van der Waals surface area contributed by atoms with Crippen molar-refractivity contribution < 1.29 is 31.1 Å². The number of H-pyrrole nitrogens is 1. The lowest BCUT2D eigenvalue weighted by Gasteiger charge is -2.04. The molecular formula is C19H17BrN2O2. The minimum atomic E-state index is -0.222. The molecule has 24 heavy (non-hydrogen) atoms. The van der Waals surface area contributed by atoms with E-state index in [0.29, 0.717) is 6.61 Å². The highest BCUT2D eigenvalue weighted by molar-refractivity contribution is 6.05. The van der Waals surface area contributed by atoms with Crippen LogP contribution in [0.3, 0.4) is 0 Å². The van der Waals surface area contributed by atoms with Crippen LogP contribution in [0.4, 0.5) is 0 Å². The first-order valence-electron chi connectivity index (χ1n) is 7.75. The third-order valence-electron chi connectivity index (χ3n) is 4.10. The molecule has 0 unspecified atom stereocenters. The molecular weight excluding hydrogens is 368 g/mol. The SMILES string of the molecule is CCOC(=O)C[n+]1c2ccccc2cc2[nH]c3ccccc3c21.[Br-]. The Morgan fingerprint density at radius 3 is 2.67 bits per heavy atom. The molecule has 0 aliphatic heterocycles. The van der Waals surface area contributed by atoms with Gasteiger partial charge in [0, 0.05) is 11.5 Å². The average Bonchev–Trinajstić information content (AvgIpc) is 2.93. The molecule has 0 atom stereocenters. The Hall–Kier alpha value is -2.40. The van der Waals surface area contributed by atoms with Gasteiger partial charge in [-0.15, -0.1) is 0 Å². The first-order valence-corrected chi connectivity index (χ1v) is 7.75. The molecule has 122 valence electrons. The van der Waals surface area contributed by atoms with Gasteiger partial charge in [0.15, 0.2) is 0 Å². The van der Waals surface area contributed by atoms with E-state index >= 15 is 0 Å². The summed E-state index contributed by atoms with van der Waals surface area (Å²) in [6, 6.07) is 18.4. The third kappa shape index (κ3) is 2.65. The Kier molecular flexibility index (Phi) is 4.53.